The first-order valence-electron chi connectivity index (χ1n) is 6.93. The van der Waals surface area contributed by atoms with Crippen LogP contribution in [0.25, 0.3) is 11.5 Å². The maximum absolute atomic E-state index is 11.6. The van der Waals surface area contributed by atoms with E-state index in [-0.39, 0.29) is 5.91 Å². The van der Waals surface area contributed by atoms with Crippen molar-refractivity contribution < 1.29 is 13.9 Å². The molecule has 0 atom stereocenters. The molecule has 1 amide bonds. The second-order valence-corrected chi connectivity index (χ2v) is 4.56. The molecule has 0 saturated carbocycles. The number of hydrogen-bond donors (Lipinski definition) is 1. The lowest BCUT2D eigenvalue weighted by molar-refractivity contribution is -0.121. The van der Waals surface area contributed by atoms with Crippen molar-refractivity contribution in [3.8, 4) is 11.5 Å². The quantitative estimate of drug-likeness (QED) is 0.750. The Kier molecular flexibility index (Phi) is 5.90. The number of carbonyl (C=O) groups excluding carboxylic acids is 1. The van der Waals surface area contributed by atoms with Gasteiger partial charge in [0.05, 0.1) is 0 Å². The molecule has 6 heteroatoms. The van der Waals surface area contributed by atoms with Crippen LogP contribution in [0.1, 0.15) is 18.7 Å². The van der Waals surface area contributed by atoms with E-state index in [1.807, 2.05) is 30.3 Å². The first kappa shape index (κ1) is 15.2. The lowest BCUT2D eigenvalue weighted by atomic mass is 10.2. The first-order valence-corrected chi connectivity index (χ1v) is 6.93. The number of nitrogens with zero attached hydrogens (tertiary/aromatic N) is 2. The molecule has 6 nitrogen and oxygen atoms in total. The summed E-state index contributed by atoms with van der Waals surface area (Å²) >= 11 is 0. The molecule has 0 unspecified atom stereocenters. The van der Waals surface area contributed by atoms with E-state index in [0.29, 0.717) is 37.8 Å². The maximum Gasteiger partial charge on any atom is 0.247 e. The molecule has 0 fully saturated rings. The zero-order valence-corrected chi connectivity index (χ0v) is 12.0. The maximum atomic E-state index is 11.6. The van der Waals surface area contributed by atoms with Gasteiger partial charge < -0.3 is 14.5 Å². The smallest absolute Gasteiger partial charge is 0.247 e. The van der Waals surface area contributed by atoms with E-state index in [4.69, 9.17) is 9.15 Å². The third kappa shape index (κ3) is 5.00. The molecule has 0 spiro atoms. The molecule has 1 aromatic heterocycles. The standard InChI is InChI=1S/C15H19N3O3/c1-20-11-5-10-16-13(19)8-9-14-17-18-15(21-14)12-6-3-2-4-7-12/h2-4,6-7H,5,8-11H2,1H3,(H,16,19). The largest absolute Gasteiger partial charge is 0.421 e. The minimum Gasteiger partial charge on any atom is -0.421 e. The van der Waals surface area contributed by atoms with Gasteiger partial charge in [0.1, 0.15) is 0 Å². The number of amides is 1. The predicted molar refractivity (Wildman–Crippen MR) is 77.6 cm³/mol. The summed E-state index contributed by atoms with van der Waals surface area (Å²) in [4.78, 5) is 11.6. The molecule has 0 saturated heterocycles. The van der Waals surface area contributed by atoms with Crippen LogP contribution < -0.4 is 5.32 Å². The van der Waals surface area contributed by atoms with Gasteiger partial charge in [-0.2, -0.15) is 0 Å². The molecular formula is C15H19N3O3. The molecule has 0 aliphatic heterocycles. The summed E-state index contributed by atoms with van der Waals surface area (Å²) < 4.78 is 10.5. The second-order valence-electron chi connectivity index (χ2n) is 4.56. The number of methoxy groups -OCH3 is 1. The van der Waals surface area contributed by atoms with Crippen LogP contribution in [0.5, 0.6) is 0 Å². The molecule has 0 aliphatic rings. The van der Waals surface area contributed by atoms with Crippen molar-refractivity contribution in [3.05, 3.63) is 36.2 Å². The normalized spacial score (nSPS) is 10.5. The third-order valence-electron chi connectivity index (χ3n) is 2.90. The molecule has 0 aliphatic carbocycles. The number of ether oxygens (including phenoxy) is 1. The Morgan fingerprint density at radius 2 is 2.10 bits per heavy atom. The highest BCUT2D eigenvalue weighted by Crippen LogP contribution is 2.17. The minimum absolute atomic E-state index is 0.0226. The van der Waals surface area contributed by atoms with Gasteiger partial charge in [0.2, 0.25) is 17.7 Å². The van der Waals surface area contributed by atoms with Gasteiger partial charge in [-0.25, -0.2) is 0 Å². The van der Waals surface area contributed by atoms with E-state index in [1.165, 1.54) is 0 Å². The zero-order valence-electron chi connectivity index (χ0n) is 12.0. The number of hydrogen-bond acceptors (Lipinski definition) is 5. The summed E-state index contributed by atoms with van der Waals surface area (Å²) in [5, 5.41) is 10.8. The second kappa shape index (κ2) is 8.16. The molecule has 2 rings (SSSR count). The monoisotopic (exact) mass is 289 g/mol. The topological polar surface area (TPSA) is 77.2 Å². The van der Waals surface area contributed by atoms with Gasteiger partial charge in [0, 0.05) is 38.7 Å². The summed E-state index contributed by atoms with van der Waals surface area (Å²) in [5.74, 6) is 0.928. The first-order chi connectivity index (χ1) is 10.3. The predicted octanol–water partition coefficient (Wildman–Crippen LogP) is 1.82. The van der Waals surface area contributed by atoms with Gasteiger partial charge >= 0.3 is 0 Å². The zero-order chi connectivity index (χ0) is 14.9. The Bertz CT molecular complexity index is 554. The van der Waals surface area contributed by atoms with Crippen LogP contribution in [0.4, 0.5) is 0 Å². The Morgan fingerprint density at radius 3 is 2.86 bits per heavy atom. The van der Waals surface area contributed by atoms with Gasteiger partial charge in [0.15, 0.2) is 0 Å². The Hall–Kier alpha value is -2.21. The fraction of sp³-hybridized carbons (Fsp3) is 0.400. The van der Waals surface area contributed by atoms with Crippen LogP contribution in [0.15, 0.2) is 34.7 Å². The Balaban J connectivity index is 1.77. The van der Waals surface area contributed by atoms with Crippen molar-refractivity contribution in [2.45, 2.75) is 19.3 Å². The van der Waals surface area contributed by atoms with Crippen LogP contribution in [0.2, 0.25) is 0 Å². The van der Waals surface area contributed by atoms with E-state index < -0.39 is 0 Å². The van der Waals surface area contributed by atoms with Crippen molar-refractivity contribution in [2.75, 3.05) is 20.3 Å². The summed E-state index contributed by atoms with van der Waals surface area (Å²) in [6.07, 6.45) is 1.58. The lowest BCUT2D eigenvalue weighted by Gasteiger charge is -2.03. The molecular weight excluding hydrogens is 270 g/mol. The molecule has 1 aromatic carbocycles. The summed E-state index contributed by atoms with van der Waals surface area (Å²) in [6.45, 7) is 1.26. The molecule has 0 bridgehead atoms. The fourth-order valence-corrected chi connectivity index (χ4v) is 1.81. The van der Waals surface area contributed by atoms with E-state index in [9.17, 15) is 4.79 Å². The van der Waals surface area contributed by atoms with Gasteiger partial charge in [-0.05, 0) is 18.6 Å². The van der Waals surface area contributed by atoms with Crippen molar-refractivity contribution in [3.63, 3.8) is 0 Å². The van der Waals surface area contributed by atoms with E-state index in [1.54, 1.807) is 7.11 Å². The number of nitrogens with one attached hydrogen (secondary N) is 1. The number of benzene rings is 1. The number of rotatable bonds is 8. The third-order valence-corrected chi connectivity index (χ3v) is 2.90. The van der Waals surface area contributed by atoms with Crippen LogP contribution >= 0.6 is 0 Å². The molecule has 2 aromatic rings. The van der Waals surface area contributed by atoms with Crippen LogP contribution in [-0.2, 0) is 16.0 Å². The van der Waals surface area contributed by atoms with Gasteiger partial charge in [-0.15, -0.1) is 10.2 Å². The number of aromatic nitrogens is 2. The summed E-state index contributed by atoms with van der Waals surface area (Å²) in [5.41, 5.74) is 0.875. The highest BCUT2D eigenvalue weighted by molar-refractivity contribution is 5.75. The number of carbonyl (C=O) groups is 1. The van der Waals surface area contributed by atoms with Crippen LogP contribution in [-0.4, -0.2) is 36.4 Å². The molecule has 21 heavy (non-hydrogen) atoms. The summed E-state index contributed by atoms with van der Waals surface area (Å²) in [7, 11) is 1.64. The average Bonchev–Trinajstić information content (AvgIpc) is 2.99. The van der Waals surface area contributed by atoms with Crippen molar-refractivity contribution in [1.82, 2.24) is 15.5 Å². The SMILES string of the molecule is COCCCNC(=O)CCc1nnc(-c2ccccc2)o1. The number of aryl methyl sites for hydroxylation is 1. The van der Waals surface area contributed by atoms with Gasteiger partial charge in [0.25, 0.3) is 0 Å². The molecule has 0 radical (unpaired) electrons. The van der Waals surface area contributed by atoms with Gasteiger partial charge in [-0.3, -0.25) is 4.79 Å². The lowest BCUT2D eigenvalue weighted by Crippen LogP contribution is -2.25. The van der Waals surface area contributed by atoms with E-state index in [2.05, 4.69) is 15.5 Å². The van der Waals surface area contributed by atoms with Crippen molar-refractivity contribution in [2.24, 2.45) is 0 Å². The highest BCUT2D eigenvalue weighted by Gasteiger charge is 2.09. The van der Waals surface area contributed by atoms with E-state index >= 15 is 0 Å². The Morgan fingerprint density at radius 1 is 1.29 bits per heavy atom. The summed E-state index contributed by atoms with van der Waals surface area (Å²) in [6, 6.07) is 9.55. The fourth-order valence-electron chi connectivity index (χ4n) is 1.81. The van der Waals surface area contributed by atoms with Crippen molar-refractivity contribution >= 4 is 5.91 Å². The van der Waals surface area contributed by atoms with Crippen molar-refractivity contribution in [1.29, 1.82) is 0 Å². The molecule has 112 valence electrons. The highest BCUT2D eigenvalue weighted by atomic mass is 16.5. The van der Waals surface area contributed by atoms with Crippen LogP contribution in [0.3, 0.4) is 0 Å². The minimum atomic E-state index is -0.0226. The molecule has 1 N–H and O–H groups in total. The Labute approximate surface area is 123 Å². The van der Waals surface area contributed by atoms with Gasteiger partial charge in [-0.1, -0.05) is 18.2 Å². The molecule has 1 heterocycles. The van der Waals surface area contributed by atoms with Crippen LogP contribution in [0, 0.1) is 0 Å². The van der Waals surface area contributed by atoms with E-state index in [0.717, 1.165) is 12.0 Å². The average molecular weight is 289 g/mol.